The predicted molar refractivity (Wildman–Crippen MR) is 82.8 cm³/mol. The Bertz CT molecular complexity index is 626. The standard InChI is InChI=1S/C14H16F2N4OS/c1-3-20(4-2)10-7-5-9(6-8-10)12(21)17-14-19-18-13(22-14)11(15)16/h5-8,11H,3-4H2,1-2H3,(H,17,19,21). The molecule has 1 N–H and O–H groups in total. The van der Waals surface area contributed by atoms with Crippen LogP contribution < -0.4 is 10.2 Å². The molecule has 2 aromatic rings. The van der Waals surface area contributed by atoms with Crippen LogP contribution in [0.15, 0.2) is 24.3 Å². The summed E-state index contributed by atoms with van der Waals surface area (Å²) in [6.45, 7) is 5.87. The van der Waals surface area contributed by atoms with Gasteiger partial charge in [0.1, 0.15) is 0 Å². The molecule has 0 saturated heterocycles. The third kappa shape index (κ3) is 3.76. The van der Waals surface area contributed by atoms with Crippen molar-refractivity contribution in [2.45, 2.75) is 20.3 Å². The van der Waals surface area contributed by atoms with Crippen LogP contribution in [-0.2, 0) is 0 Å². The highest BCUT2D eigenvalue weighted by Gasteiger charge is 2.16. The van der Waals surface area contributed by atoms with Crippen LogP contribution in [0.2, 0.25) is 0 Å². The Morgan fingerprint density at radius 2 is 1.86 bits per heavy atom. The molecule has 1 amide bonds. The lowest BCUT2D eigenvalue weighted by Crippen LogP contribution is -2.21. The van der Waals surface area contributed by atoms with Crippen LogP contribution >= 0.6 is 11.3 Å². The molecule has 1 heterocycles. The smallest absolute Gasteiger partial charge is 0.291 e. The minimum Gasteiger partial charge on any atom is -0.372 e. The highest BCUT2D eigenvalue weighted by molar-refractivity contribution is 7.15. The van der Waals surface area contributed by atoms with E-state index in [1.165, 1.54) is 0 Å². The topological polar surface area (TPSA) is 58.1 Å². The summed E-state index contributed by atoms with van der Waals surface area (Å²) in [6.07, 6.45) is -2.68. The first kappa shape index (κ1) is 16.3. The minimum atomic E-state index is -2.68. The second kappa shape index (κ2) is 7.26. The summed E-state index contributed by atoms with van der Waals surface area (Å²) in [4.78, 5) is 14.2. The molecule has 1 aromatic carbocycles. The fraction of sp³-hybridized carbons (Fsp3) is 0.357. The van der Waals surface area contributed by atoms with Crippen molar-refractivity contribution in [2.75, 3.05) is 23.3 Å². The largest absolute Gasteiger partial charge is 0.372 e. The van der Waals surface area contributed by atoms with Crippen LogP contribution in [-0.4, -0.2) is 29.2 Å². The quantitative estimate of drug-likeness (QED) is 0.881. The van der Waals surface area contributed by atoms with Gasteiger partial charge in [0.15, 0.2) is 5.01 Å². The average molecular weight is 326 g/mol. The number of carbonyl (C=O) groups excluding carboxylic acids is 1. The number of nitrogens with zero attached hydrogens (tertiary/aromatic N) is 3. The van der Waals surface area contributed by atoms with Crippen molar-refractivity contribution in [1.29, 1.82) is 0 Å². The molecule has 0 aliphatic heterocycles. The third-order valence-electron chi connectivity index (χ3n) is 3.11. The van der Waals surface area contributed by atoms with E-state index in [9.17, 15) is 13.6 Å². The van der Waals surface area contributed by atoms with Gasteiger partial charge in [-0.3, -0.25) is 10.1 Å². The maximum Gasteiger partial charge on any atom is 0.291 e. The first-order valence-electron chi connectivity index (χ1n) is 6.83. The lowest BCUT2D eigenvalue weighted by Gasteiger charge is -2.20. The number of alkyl halides is 2. The number of amides is 1. The van der Waals surface area contributed by atoms with Crippen molar-refractivity contribution >= 4 is 28.1 Å². The van der Waals surface area contributed by atoms with Crippen molar-refractivity contribution in [3.05, 3.63) is 34.8 Å². The fourth-order valence-corrected chi connectivity index (χ4v) is 2.55. The van der Waals surface area contributed by atoms with Crippen LogP contribution in [0.3, 0.4) is 0 Å². The van der Waals surface area contributed by atoms with Crippen molar-refractivity contribution in [1.82, 2.24) is 10.2 Å². The van der Waals surface area contributed by atoms with Gasteiger partial charge in [0.2, 0.25) is 5.13 Å². The Balaban J connectivity index is 2.06. The Morgan fingerprint density at radius 3 is 2.36 bits per heavy atom. The maximum atomic E-state index is 12.4. The second-order valence-corrected chi connectivity index (χ2v) is 5.43. The summed E-state index contributed by atoms with van der Waals surface area (Å²) in [5, 5.41) is 8.96. The van der Waals surface area contributed by atoms with E-state index in [4.69, 9.17) is 0 Å². The van der Waals surface area contributed by atoms with Crippen LogP contribution in [0.25, 0.3) is 0 Å². The first-order chi connectivity index (χ1) is 10.5. The number of hydrogen-bond acceptors (Lipinski definition) is 5. The van der Waals surface area contributed by atoms with E-state index in [0.29, 0.717) is 16.9 Å². The SMILES string of the molecule is CCN(CC)c1ccc(C(=O)Nc2nnc(C(F)F)s2)cc1. The number of hydrogen-bond donors (Lipinski definition) is 1. The molecular formula is C14H16F2N4OS. The lowest BCUT2D eigenvalue weighted by atomic mass is 10.2. The lowest BCUT2D eigenvalue weighted by molar-refractivity contribution is 0.102. The van der Waals surface area contributed by atoms with Gasteiger partial charge in [0.05, 0.1) is 0 Å². The third-order valence-corrected chi connectivity index (χ3v) is 3.95. The van der Waals surface area contributed by atoms with Gasteiger partial charge in [-0.25, -0.2) is 8.78 Å². The van der Waals surface area contributed by atoms with E-state index in [1.54, 1.807) is 12.1 Å². The van der Waals surface area contributed by atoms with Gasteiger partial charge in [-0.05, 0) is 38.1 Å². The molecular weight excluding hydrogens is 310 g/mol. The van der Waals surface area contributed by atoms with E-state index in [-0.39, 0.29) is 5.13 Å². The van der Waals surface area contributed by atoms with Crippen molar-refractivity contribution in [2.24, 2.45) is 0 Å². The summed E-state index contributed by atoms with van der Waals surface area (Å²) >= 11 is 0.667. The zero-order valence-electron chi connectivity index (χ0n) is 12.2. The summed E-state index contributed by atoms with van der Waals surface area (Å²) in [6, 6.07) is 7.09. The van der Waals surface area contributed by atoms with Crippen LogP contribution in [0.1, 0.15) is 35.6 Å². The van der Waals surface area contributed by atoms with E-state index in [0.717, 1.165) is 18.8 Å². The van der Waals surface area contributed by atoms with E-state index in [1.807, 2.05) is 12.1 Å². The van der Waals surface area contributed by atoms with Gasteiger partial charge in [-0.2, -0.15) is 0 Å². The van der Waals surface area contributed by atoms with Crippen molar-refractivity contribution < 1.29 is 13.6 Å². The van der Waals surface area contributed by atoms with Crippen molar-refractivity contribution in [3.8, 4) is 0 Å². The molecule has 0 aliphatic rings. The molecule has 1 aromatic heterocycles. The first-order valence-corrected chi connectivity index (χ1v) is 7.64. The highest BCUT2D eigenvalue weighted by Crippen LogP contribution is 2.25. The number of rotatable bonds is 6. The van der Waals surface area contributed by atoms with E-state index in [2.05, 4.69) is 34.3 Å². The van der Waals surface area contributed by atoms with Gasteiger partial charge in [-0.15, -0.1) is 10.2 Å². The van der Waals surface area contributed by atoms with E-state index < -0.39 is 17.3 Å². The van der Waals surface area contributed by atoms with Crippen LogP contribution in [0.4, 0.5) is 19.6 Å². The highest BCUT2D eigenvalue weighted by atomic mass is 32.1. The predicted octanol–water partition coefficient (Wildman–Crippen LogP) is 3.57. The molecule has 0 atom stereocenters. The second-order valence-electron chi connectivity index (χ2n) is 4.42. The maximum absolute atomic E-state index is 12.4. The molecule has 0 unspecified atom stereocenters. The average Bonchev–Trinajstić information content (AvgIpc) is 2.98. The monoisotopic (exact) mass is 326 g/mol. The summed E-state index contributed by atoms with van der Waals surface area (Å²) in [7, 11) is 0. The normalized spacial score (nSPS) is 10.8. The van der Waals surface area contributed by atoms with Crippen molar-refractivity contribution in [3.63, 3.8) is 0 Å². The Morgan fingerprint density at radius 1 is 1.23 bits per heavy atom. The van der Waals surface area contributed by atoms with Crippen LogP contribution in [0, 0.1) is 0 Å². The minimum absolute atomic E-state index is 0.0631. The molecule has 0 fully saturated rings. The molecule has 0 bridgehead atoms. The summed E-state index contributed by atoms with van der Waals surface area (Å²) < 4.78 is 24.8. The zero-order valence-corrected chi connectivity index (χ0v) is 13.0. The van der Waals surface area contributed by atoms with Crippen LogP contribution in [0.5, 0.6) is 0 Å². The zero-order chi connectivity index (χ0) is 16.1. The number of benzene rings is 1. The van der Waals surface area contributed by atoms with E-state index >= 15 is 0 Å². The molecule has 0 spiro atoms. The Hall–Kier alpha value is -2.09. The fourth-order valence-electron chi connectivity index (χ4n) is 1.95. The Kier molecular flexibility index (Phi) is 5.37. The molecule has 5 nitrogen and oxygen atoms in total. The number of halogens is 2. The number of nitrogens with one attached hydrogen (secondary N) is 1. The molecule has 0 saturated carbocycles. The van der Waals surface area contributed by atoms with Gasteiger partial charge in [0, 0.05) is 24.3 Å². The van der Waals surface area contributed by atoms with Gasteiger partial charge in [0.25, 0.3) is 12.3 Å². The molecule has 118 valence electrons. The molecule has 2 rings (SSSR count). The van der Waals surface area contributed by atoms with Gasteiger partial charge in [-0.1, -0.05) is 11.3 Å². The molecule has 8 heteroatoms. The summed E-state index contributed by atoms with van der Waals surface area (Å²) in [5.41, 5.74) is 1.46. The number of carbonyl (C=O) groups is 1. The molecule has 0 radical (unpaired) electrons. The van der Waals surface area contributed by atoms with Gasteiger partial charge < -0.3 is 4.90 Å². The number of aromatic nitrogens is 2. The molecule has 0 aliphatic carbocycles. The summed E-state index contributed by atoms with van der Waals surface area (Å²) in [5.74, 6) is -0.400. The number of anilines is 2. The van der Waals surface area contributed by atoms with Gasteiger partial charge >= 0.3 is 0 Å². The Labute approximate surface area is 131 Å². The molecule has 22 heavy (non-hydrogen) atoms.